The molecule has 0 saturated carbocycles. The molecule has 22 heavy (non-hydrogen) atoms. The molecule has 0 amide bonds. The molecule has 1 heterocycles. The van der Waals surface area contributed by atoms with Crippen LogP contribution in [0.5, 0.6) is 5.75 Å². The van der Waals surface area contributed by atoms with Crippen LogP contribution in [0.1, 0.15) is 11.1 Å². The van der Waals surface area contributed by atoms with Crippen LogP contribution in [0.2, 0.25) is 0 Å². The molecule has 2 aromatic rings. The number of aliphatic imine (C=N–C) groups is 1. The van der Waals surface area contributed by atoms with Gasteiger partial charge in [-0.15, -0.1) is 0 Å². The van der Waals surface area contributed by atoms with E-state index in [1.54, 1.807) is 18.2 Å². The van der Waals surface area contributed by atoms with Gasteiger partial charge in [-0.2, -0.15) is 0 Å². The van der Waals surface area contributed by atoms with E-state index in [9.17, 15) is 9.90 Å². The lowest BCUT2D eigenvalue weighted by Gasteiger charge is -1.99. The van der Waals surface area contributed by atoms with Crippen molar-refractivity contribution in [1.82, 2.24) is 0 Å². The fraction of sp³-hybridized carbons (Fsp3) is 0.0588. The maximum absolute atomic E-state index is 11.9. The molecular weight excluding hydrogens is 346 g/mol. The third kappa shape index (κ3) is 3.26. The van der Waals surface area contributed by atoms with Crippen LogP contribution in [0.15, 0.2) is 63.7 Å². The van der Waals surface area contributed by atoms with E-state index in [0.717, 1.165) is 10.0 Å². The number of cyclic esters (lactones) is 1. The van der Waals surface area contributed by atoms with Gasteiger partial charge in [0.15, 0.2) is 5.70 Å². The van der Waals surface area contributed by atoms with Crippen LogP contribution in [0.4, 0.5) is 0 Å². The second-order valence-corrected chi connectivity index (χ2v) is 5.71. The zero-order valence-electron chi connectivity index (χ0n) is 11.5. The number of halogens is 1. The molecule has 0 unspecified atom stereocenters. The van der Waals surface area contributed by atoms with Gasteiger partial charge in [-0.05, 0) is 29.8 Å². The first-order valence-corrected chi connectivity index (χ1v) is 7.45. The molecule has 3 rings (SSSR count). The molecule has 0 fully saturated rings. The predicted octanol–water partition coefficient (Wildman–Crippen LogP) is 3.69. The van der Waals surface area contributed by atoms with Crippen LogP contribution < -0.4 is 0 Å². The highest BCUT2D eigenvalue weighted by Crippen LogP contribution is 2.26. The molecule has 0 bridgehead atoms. The molecule has 0 spiro atoms. The van der Waals surface area contributed by atoms with E-state index in [2.05, 4.69) is 20.9 Å². The number of hydrogen-bond donors (Lipinski definition) is 1. The number of phenolic OH excluding ortho intramolecular Hbond substituents is 1. The molecule has 4 nitrogen and oxygen atoms in total. The van der Waals surface area contributed by atoms with Crippen LogP contribution in [0.3, 0.4) is 0 Å². The van der Waals surface area contributed by atoms with Crippen molar-refractivity contribution in [1.29, 1.82) is 0 Å². The number of ether oxygens (including phenoxy) is 1. The summed E-state index contributed by atoms with van der Waals surface area (Å²) in [5.74, 6) is -0.0718. The Morgan fingerprint density at radius 3 is 2.73 bits per heavy atom. The van der Waals surface area contributed by atoms with Gasteiger partial charge in [-0.25, -0.2) is 9.79 Å². The minimum absolute atomic E-state index is 0.0789. The normalized spacial score (nSPS) is 15.8. The fourth-order valence-corrected chi connectivity index (χ4v) is 2.47. The molecule has 0 aliphatic carbocycles. The van der Waals surface area contributed by atoms with Gasteiger partial charge in [0.25, 0.3) is 0 Å². The zero-order chi connectivity index (χ0) is 15.5. The van der Waals surface area contributed by atoms with Crippen molar-refractivity contribution in [2.45, 2.75) is 6.42 Å². The molecule has 110 valence electrons. The van der Waals surface area contributed by atoms with Gasteiger partial charge in [0.2, 0.25) is 5.90 Å². The summed E-state index contributed by atoms with van der Waals surface area (Å²) >= 11 is 3.32. The zero-order valence-corrected chi connectivity index (χ0v) is 13.1. The van der Waals surface area contributed by atoms with Crippen LogP contribution in [0, 0.1) is 0 Å². The van der Waals surface area contributed by atoms with Crippen molar-refractivity contribution in [3.05, 3.63) is 69.8 Å². The summed E-state index contributed by atoms with van der Waals surface area (Å²) in [6.07, 6.45) is 1.97. The Morgan fingerprint density at radius 1 is 1.18 bits per heavy atom. The van der Waals surface area contributed by atoms with Gasteiger partial charge in [0.05, 0.1) is 0 Å². The highest BCUT2D eigenvalue weighted by molar-refractivity contribution is 9.10. The van der Waals surface area contributed by atoms with Crippen molar-refractivity contribution in [3.63, 3.8) is 0 Å². The Kier molecular flexibility index (Phi) is 4.06. The summed E-state index contributed by atoms with van der Waals surface area (Å²) in [5, 5.41) is 9.82. The first kappa shape index (κ1) is 14.5. The summed E-state index contributed by atoms with van der Waals surface area (Å²) in [7, 11) is 0. The maximum atomic E-state index is 11.9. The van der Waals surface area contributed by atoms with Gasteiger partial charge in [0, 0.05) is 16.5 Å². The topological polar surface area (TPSA) is 58.9 Å². The number of hydrogen-bond acceptors (Lipinski definition) is 4. The Morgan fingerprint density at radius 2 is 1.95 bits per heavy atom. The lowest BCUT2D eigenvalue weighted by molar-refractivity contribution is -0.130. The standard InChI is InChI=1S/C17H12BrNO3/c18-13-6-7-15(20)12(9-13)10-14-17(21)22-16(19-14)8-11-4-2-1-3-5-11/h1-7,9-10,20H,8H2/b14-10+. The van der Waals surface area contributed by atoms with Gasteiger partial charge in [0.1, 0.15) is 5.75 Å². The average Bonchev–Trinajstić information content (AvgIpc) is 2.84. The molecular formula is C17H12BrNO3. The largest absolute Gasteiger partial charge is 0.507 e. The van der Waals surface area contributed by atoms with Crippen molar-refractivity contribution < 1.29 is 14.6 Å². The number of carbonyl (C=O) groups excluding carboxylic acids is 1. The lowest BCUT2D eigenvalue weighted by Crippen LogP contribution is -2.06. The quantitative estimate of drug-likeness (QED) is 0.673. The van der Waals surface area contributed by atoms with Crippen LogP contribution in [0.25, 0.3) is 6.08 Å². The average molecular weight is 358 g/mol. The number of phenols is 1. The third-order valence-electron chi connectivity index (χ3n) is 3.14. The first-order chi connectivity index (χ1) is 10.6. The van der Waals surface area contributed by atoms with E-state index in [4.69, 9.17) is 4.74 Å². The van der Waals surface area contributed by atoms with Gasteiger partial charge < -0.3 is 9.84 Å². The van der Waals surface area contributed by atoms with Gasteiger partial charge in [-0.3, -0.25) is 0 Å². The molecule has 2 aromatic carbocycles. The number of carbonyl (C=O) groups is 1. The molecule has 0 saturated heterocycles. The fourth-order valence-electron chi connectivity index (χ4n) is 2.09. The summed E-state index contributed by atoms with van der Waals surface area (Å²) in [6.45, 7) is 0. The Bertz CT molecular complexity index is 782. The van der Waals surface area contributed by atoms with Crippen molar-refractivity contribution in [2.75, 3.05) is 0 Å². The van der Waals surface area contributed by atoms with Crippen molar-refractivity contribution in [3.8, 4) is 5.75 Å². The molecule has 1 aliphatic heterocycles. The van der Waals surface area contributed by atoms with E-state index in [1.165, 1.54) is 6.08 Å². The van der Waals surface area contributed by atoms with Crippen LogP contribution in [-0.4, -0.2) is 17.0 Å². The molecule has 5 heteroatoms. The van der Waals surface area contributed by atoms with Crippen molar-refractivity contribution >= 4 is 33.9 Å². The summed E-state index contributed by atoms with van der Waals surface area (Å²) in [4.78, 5) is 16.1. The number of nitrogens with zero attached hydrogens (tertiary/aromatic N) is 1. The summed E-state index contributed by atoms with van der Waals surface area (Å²) in [5.41, 5.74) is 1.70. The van der Waals surface area contributed by atoms with E-state index < -0.39 is 5.97 Å². The minimum Gasteiger partial charge on any atom is -0.507 e. The van der Waals surface area contributed by atoms with Crippen molar-refractivity contribution in [2.24, 2.45) is 4.99 Å². The van der Waals surface area contributed by atoms with Gasteiger partial charge in [-0.1, -0.05) is 46.3 Å². The Balaban J connectivity index is 1.86. The Hall–Kier alpha value is -2.40. The third-order valence-corrected chi connectivity index (χ3v) is 3.64. The highest BCUT2D eigenvalue weighted by atomic mass is 79.9. The number of rotatable bonds is 3. The SMILES string of the molecule is O=C1OC(Cc2ccccc2)=N/C1=C/c1cc(Br)ccc1O. The number of benzene rings is 2. The maximum Gasteiger partial charge on any atom is 0.363 e. The predicted molar refractivity (Wildman–Crippen MR) is 87.5 cm³/mol. The summed E-state index contributed by atoms with van der Waals surface area (Å²) < 4.78 is 5.97. The monoisotopic (exact) mass is 357 g/mol. The van der Waals surface area contributed by atoms with E-state index in [1.807, 2.05) is 30.3 Å². The molecule has 0 aromatic heterocycles. The van der Waals surface area contributed by atoms with E-state index >= 15 is 0 Å². The molecule has 0 radical (unpaired) electrons. The second kappa shape index (κ2) is 6.15. The Labute approximate surface area is 135 Å². The first-order valence-electron chi connectivity index (χ1n) is 6.66. The number of esters is 1. The summed E-state index contributed by atoms with van der Waals surface area (Å²) in [6, 6.07) is 14.6. The van der Waals surface area contributed by atoms with Crippen LogP contribution >= 0.6 is 15.9 Å². The number of aromatic hydroxyl groups is 1. The molecule has 1 aliphatic rings. The lowest BCUT2D eigenvalue weighted by atomic mass is 10.1. The van der Waals surface area contributed by atoms with Crippen LogP contribution in [-0.2, 0) is 16.0 Å². The molecule has 1 N–H and O–H groups in total. The highest BCUT2D eigenvalue weighted by Gasteiger charge is 2.23. The van der Waals surface area contributed by atoms with E-state index in [0.29, 0.717) is 17.9 Å². The van der Waals surface area contributed by atoms with E-state index in [-0.39, 0.29) is 11.4 Å². The smallest absolute Gasteiger partial charge is 0.363 e. The molecule has 0 atom stereocenters. The second-order valence-electron chi connectivity index (χ2n) is 4.79. The van der Waals surface area contributed by atoms with Gasteiger partial charge >= 0.3 is 5.97 Å². The minimum atomic E-state index is -0.509.